The Morgan fingerprint density at radius 1 is 1.46 bits per heavy atom. The Balaban J connectivity index is 2.05. The van der Waals surface area contributed by atoms with Gasteiger partial charge in [0, 0.05) is 14.1 Å². The maximum absolute atomic E-state index is 12.1. The molecule has 0 amide bonds. The Morgan fingerprint density at radius 2 is 2.21 bits per heavy atom. The van der Waals surface area contributed by atoms with Crippen LogP contribution >= 0.6 is 0 Å². The molecule has 0 radical (unpaired) electrons. The third-order valence-corrected chi connectivity index (χ3v) is 3.62. The molecule has 1 aliphatic rings. The highest BCUT2D eigenvalue weighted by atomic mass is 16.6. The number of fused-ring (bicyclic) bond motifs is 1. The van der Waals surface area contributed by atoms with Crippen LogP contribution in [0.4, 0.5) is 5.95 Å². The topological polar surface area (TPSA) is 149 Å². The highest BCUT2D eigenvalue weighted by Gasteiger charge is 2.44. The fraction of sp³-hybridized carbons (Fsp3) is 0.538. The number of hydrogen-bond donors (Lipinski definition) is 4. The highest BCUT2D eigenvalue weighted by molar-refractivity contribution is 5.71. The summed E-state index contributed by atoms with van der Waals surface area (Å²) in [5.41, 5.74) is -0.285. The van der Waals surface area contributed by atoms with E-state index in [2.05, 4.69) is 19.9 Å². The number of rotatable bonds is 4. The molecule has 1 saturated heterocycles. The van der Waals surface area contributed by atoms with E-state index in [1.807, 2.05) is 0 Å². The number of aliphatic hydroxyl groups excluding tert-OH is 3. The van der Waals surface area contributed by atoms with Gasteiger partial charge >= 0.3 is 0 Å². The third-order valence-electron chi connectivity index (χ3n) is 3.62. The quantitative estimate of drug-likeness (QED) is 0.368. The zero-order chi connectivity index (χ0) is 17.4. The van der Waals surface area contributed by atoms with Gasteiger partial charge in [0.15, 0.2) is 17.4 Å². The number of ether oxygens (including phenoxy) is 1. The molecular formula is C13H18N6O5. The van der Waals surface area contributed by atoms with Crippen LogP contribution in [0.25, 0.3) is 11.2 Å². The monoisotopic (exact) mass is 338 g/mol. The Labute approximate surface area is 135 Å². The van der Waals surface area contributed by atoms with Crippen molar-refractivity contribution in [2.24, 2.45) is 4.99 Å². The van der Waals surface area contributed by atoms with Crippen molar-refractivity contribution in [3.63, 3.8) is 0 Å². The predicted octanol–water partition coefficient (Wildman–Crippen LogP) is -2.05. The van der Waals surface area contributed by atoms with Crippen LogP contribution in [0, 0.1) is 0 Å². The molecule has 2 aromatic rings. The molecule has 0 aliphatic carbocycles. The molecule has 2 aromatic heterocycles. The van der Waals surface area contributed by atoms with Gasteiger partial charge in [0.25, 0.3) is 5.56 Å². The SMILES string of the molecule is CN(C)/C=N\c1nc2c(ncn2[C@@H]2O[C@H](CO)C(O)C2O)c(=O)[nH]1. The molecule has 3 rings (SSSR count). The number of aliphatic hydroxyl groups is 3. The van der Waals surface area contributed by atoms with Gasteiger partial charge in [-0.05, 0) is 0 Å². The largest absolute Gasteiger partial charge is 0.394 e. The number of aromatic nitrogens is 4. The zero-order valence-electron chi connectivity index (χ0n) is 13.1. The number of nitrogens with one attached hydrogen (secondary N) is 1. The van der Waals surface area contributed by atoms with Crippen LogP contribution in [0.15, 0.2) is 16.1 Å². The zero-order valence-corrected chi connectivity index (χ0v) is 13.1. The fourth-order valence-corrected chi connectivity index (χ4v) is 2.44. The molecule has 0 saturated carbocycles. The van der Waals surface area contributed by atoms with E-state index in [1.165, 1.54) is 17.2 Å². The van der Waals surface area contributed by atoms with Gasteiger partial charge in [-0.15, -0.1) is 0 Å². The maximum Gasteiger partial charge on any atom is 0.280 e. The first-order valence-corrected chi connectivity index (χ1v) is 7.22. The van der Waals surface area contributed by atoms with Crippen LogP contribution in [0.2, 0.25) is 0 Å². The van der Waals surface area contributed by atoms with Gasteiger partial charge in [-0.1, -0.05) is 0 Å². The van der Waals surface area contributed by atoms with E-state index in [-0.39, 0.29) is 17.1 Å². The van der Waals surface area contributed by atoms with Crippen molar-refractivity contribution in [1.82, 2.24) is 24.4 Å². The maximum atomic E-state index is 12.1. The van der Waals surface area contributed by atoms with Crippen molar-refractivity contribution < 1.29 is 20.1 Å². The van der Waals surface area contributed by atoms with Gasteiger partial charge in [0.05, 0.1) is 19.3 Å². The van der Waals surface area contributed by atoms with Crippen LogP contribution in [-0.2, 0) is 4.74 Å². The predicted molar refractivity (Wildman–Crippen MR) is 83.0 cm³/mol. The van der Waals surface area contributed by atoms with Gasteiger partial charge in [-0.25, -0.2) is 9.98 Å². The lowest BCUT2D eigenvalue weighted by molar-refractivity contribution is -0.0511. The molecule has 130 valence electrons. The average molecular weight is 338 g/mol. The molecule has 3 heterocycles. The van der Waals surface area contributed by atoms with Gasteiger partial charge in [-0.3, -0.25) is 14.3 Å². The smallest absolute Gasteiger partial charge is 0.280 e. The second-order valence-corrected chi connectivity index (χ2v) is 5.65. The van der Waals surface area contributed by atoms with Gasteiger partial charge in [-0.2, -0.15) is 4.98 Å². The number of imidazole rings is 1. The first-order valence-electron chi connectivity index (χ1n) is 7.22. The van der Waals surface area contributed by atoms with Crippen molar-refractivity contribution in [2.45, 2.75) is 24.5 Å². The Kier molecular flexibility index (Phi) is 4.32. The van der Waals surface area contributed by atoms with Gasteiger partial charge in [0.2, 0.25) is 5.95 Å². The molecule has 4 atom stereocenters. The lowest BCUT2D eigenvalue weighted by atomic mass is 10.1. The lowest BCUT2D eigenvalue weighted by Gasteiger charge is -2.16. The third kappa shape index (κ3) is 2.78. The van der Waals surface area contributed by atoms with E-state index in [4.69, 9.17) is 4.74 Å². The molecule has 11 nitrogen and oxygen atoms in total. The van der Waals surface area contributed by atoms with Crippen LogP contribution in [0.5, 0.6) is 0 Å². The van der Waals surface area contributed by atoms with Gasteiger partial charge in [0.1, 0.15) is 18.3 Å². The Morgan fingerprint density at radius 3 is 2.83 bits per heavy atom. The van der Waals surface area contributed by atoms with Crippen molar-refractivity contribution in [1.29, 1.82) is 0 Å². The van der Waals surface area contributed by atoms with E-state index in [9.17, 15) is 20.1 Å². The minimum absolute atomic E-state index is 0.0524. The summed E-state index contributed by atoms with van der Waals surface area (Å²) in [7, 11) is 3.53. The highest BCUT2D eigenvalue weighted by Crippen LogP contribution is 2.30. The van der Waals surface area contributed by atoms with E-state index in [0.29, 0.717) is 0 Å². The molecule has 2 unspecified atom stereocenters. The second-order valence-electron chi connectivity index (χ2n) is 5.65. The Hall–Kier alpha value is -2.34. The van der Waals surface area contributed by atoms with Gasteiger partial charge < -0.3 is 25.0 Å². The molecule has 0 spiro atoms. The molecule has 11 heteroatoms. The summed E-state index contributed by atoms with van der Waals surface area (Å²) in [6.07, 6.45) is -1.76. The lowest BCUT2D eigenvalue weighted by Crippen LogP contribution is -2.33. The molecular weight excluding hydrogens is 320 g/mol. The normalized spacial score (nSPS) is 27.4. The van der Waals surface area contributed by atoms with E-state index >= 15 is 0 Å². The standard InChI is InChI=1S/C13H18N6O5/c1-18(2)4-15-13-16-10-7(11(23)17-13)14-5-19(10)12-9(22)8(21)6(3-20)24-12/h4-6,8-9,12,20-22H,3H2,1-2H3,(H,16,17,23)/b15-4-/t6-,8?,9?,12-/m1/s1. The summed E-state index contributed by atoms with van der Waals surface area (Å²) in [6.45, 7) is -0.451. The van der Waals surface area contributed by atoms with E-state index in [1.54, 1.807) is 19.0 Å². The van der Waals surface area contributed by atoms with Crippen LogP contribution in [0.3, 0.4) is 0 Å². The van der Waals surface area contributed by atoms with Crippen molar-refractivity contribution >= 4 is 23.5 Å². The molecule has 0 aromatic carbocycles. The molecule has 4 N–H and O–H groups in total. The fourth-order valence-electron chi connectivity index (χ4n) is 2.44. The minimum atomic E-state index is -1.30. The van der Waals surface area contributed by atoms with Crippen LogP contribution in [-0.4, -0.2) is 85.1 Å². The van der Waals surface area contributed by atoms with E-state index < -0.39 is 36.7 Å². The van der Waals surface area contributed by atoms with Crippen molar-refractivity contribution in [3.8, 4) is 0 Å². The Bertz CT molecular complexity index is 815. The summed E-state index contributed by atoms with van der Waals surface area (Å²) in [5, 5.41) is 29.2. The number of aromatic amines is 1. The number of H-pyrrole nitrogens is 1. The average Bonchev–Trinajstić information content (AvgIpc) is 3.08. The van der Waals surface area contributed by atoms with Crippen LogP contribution < -0.4 is 5.56 Å². The molecule has 0 bridgehead atoms. The molecule has 24 heavy (non-hydrogen) atoms. The second kappa shape index (κ2) is 6.28. The summed E-state index contributed by atoms with van der Waals surface area (Å²) in [6, 6.07) is 0. The number of hydrogen-bond acceptors (Lipinski definition) is 8. The summed E-state index contributed by atoms with van der Waals surface area (Å²) in [5.74, 6) is 0.0645. The molecule has 1 fully saturated rings. The first kappa shape index (κ1) is 16.5. The summed E-state index contributed by atoms with van der Waals surface area (Å²) >= 11 is 0. The van der Waals surface area contributed by atoms with Crippen molar-refractivity contribution in [2.75, 3.05) is 20.7 Å². The molecule has 1 aliphatic heterocycles. The number of aliphatic imine (C=N–C) groups is 1. The number of nitrogens with zero attached hydrogens (tertiary/aromatic N) is 5. The first-order chi connectivity index (χ1) is 11.4. The summed E-state index contributed by atoms with van der Waals surface area (Å²) < 4.78 is 6.78. The summed E-state index contributed by atoms with van der Waals surface area (Å²) in [4.78, 5) is 28.5. The van der Waals surface area contributed by atoms with E-state index in [0.717, 1.165) is 0 Å². The van der Waals surface area contributed by atoms with Crippen molar-refractivity contribution in [3.05, 3.63) is 16.7 Å². The van der Waals surface area contributed by atoms with Crippen LogP contribution in [0.1, 0.15) is 6.23 Å². The minimum Gasteiger partial charge on any atom is -0.394 e.